The molecule has 1 aromatic carbocycles. The normalized spacial score (nSPS) is 9.70. The Morgan fingerprint density at radius 3 is 2.65 bits per heavy atom. The molecule has 0 aliphatic heterocycles. The van der Waals surface area contributed by atoms with Crippen LogP contribution in [0.1, 0.15) is 17.3 Å². The van der Waals surface area contributed by atoms with Crippen molar-refractivity contribution in [3.8, 4) is 0 Å². The van der Waals surface area contributed by atoms with Gasteiger partial charge in [0.15, 0.2) is 0 Å². The van der Waals surface area contributed by atoms with Gasteiger partial charge in [0.1, 0.15) is 12.2 Å². The van der Waals surface area contributed by atoms with E-state index in [1.54, 1.807) is 6.92 Å². The number of hydrogen-bond acceptors (Lipinski definition) is 7. The minimum absolute atomic E-state index is 0.0564. The molecule has 0 atom stereocenters. The van der Waals surface area contributed by atoms with Crippen LogP contribution in [-0.4, -0.2) is 37.1 Å². The van der Waals surface area contributed by atoms with Crippen LogP contribution in [0.4, 0.5) is 11.4 Å². The Bertz CT molecular complexity index is 529. The molecule has 0 amide bonds. The van der Waals surface area contributed by atoms with E-state index in [2.05, 4.69) is 10.1 Å². The Balaban J connectivity index is 2.93. The first kappa shape index (κ1) is 15.4. The first-order chi connectivity index (χ1) is 9.49. The maximum absolute atomic E-state index is 11.3. The number of nitrogens with one attached hydrogen (secondary N) is 1. The lowest BCUT2D eigenvalue weighted by Gasteiger charge is -2.07. The summed E-state index contributed by atoms with van der Waals surface area (Å²) in [6.07, 6.45) is 0. The van der Waals surface area contributed by atoms with Crippen LogP contribution in [0.5, 0.6) is 0 Å². The third-order valence-corrected chi connectivity index (χ3v) is 2.34. The fourth-order valence-corrected chi connectivity index (χ4v) is 1.46. The van der Waals surface area contributed by atoms with Crippen molar-refractivity contribution in [1.29, 1.82) is 0 Å². The van der Waals surface area contributed by atoms with Gasteiger partial charge in [-0.2, -0.15) is 0 Å². The van der Waals surface area contributed by atoms with Crippen LogP contribution < -0.4 is 5.32 Å². The number of methoxy groups -OCH3 is 1. The molecule has 0 aliphatic carbocycles. The van der Waals surface area contributed by atoms with Gasteiger partial charge in [0, 0.05) is 6.07 Å². The van der Waals surface area contributed by atoms with Gasteiger partial charge in [-0.1, -0.05) is 0 Å². The largest absolute Gasteiger partial charge is 0.465 e. The van der Waals surface area contributed by atoms with Crippen LogP contribution in [0, 0.1) is 10.1 Å². The van der Waals surface area contributed by atoms with Crippen molar-refractivity contribution in [2.75, 3.05) is 25.6 Å². The molecule has 0 saturated heterocycles. The molecule has 1 N–H and O–H groups in total. The molecular weight excluding hydrogens is 268 g/mol. The molecule has 1 aromatic rings. The van der Waals surface area contributed by atoms with E-state index in [0.717, 1.165) is 6.07 Å². The molecule has 0 radical (unpaired) electrons. The van der Waals surface area contributed by atoms with Gasteiger partial charge in [-0.25, -0.2) is 4.79 Å². The molecule has 0 spiro atoms. The Hall–Kier alpha value is -2.64. The van der Waals surface area contributed by atoms with Gasteiger partial charge in [0.05, 0.1) is 24.2 Å². The van der Waals surface area contributed by atoms with E-state index in [4.69, 9.17) is 4.74 Å². The van der Waals surface area contributed by atoms with Gasteiger partial charge in [-0.3, -0.25) is 14.9 Å². The van der Waals surface area contributed by atoms with Crippen molar-refractivity contribution < 1.29 is 24.0 Å². The summed E-state index contributed by atoms with van der Waals surface area (Å²) >= 11 is 0. The topological polar surface area (TPSA) is 108 Å². The number of esters is 2. The van der Waals surface area contributed by atoms with Crippen LogP contribution >= 0.6 is 0 Å². The van der Waals surface area contributed by atoms with E-state index < -0.39 is 16.9 Å². The predicted octanol–water partition coefficient (Wildman–Crippen LogP) is 1.36. The van der Waals surface area contributed by atoms with Gasteiger partial charge in [0.25, 0.3) is 5.69 Å². The standard InChI is InChI=1S/C12H14N2O6/c1-3-20-11(15)7-13-9-5-4-8(12(16)19-2)6-10(9)14(17)18/h4-6,13H,3,7H2,1-2H3. The van der Waals surface area contributed by atoms with Crippen molar-refractivity contribution in [2.45, 2.75) is 6.92 Å². The van der Waals surface area contributed by atoms with Crippen LogP contribution in [0.3, 0.4) is 0 Å². The van der Waals surface area contributed by atoms with E-state index >= 15 is 0 Å². The van der Waals surface area contributed by atoms with Crippen LogP contribution in [0.2, 0.25) is 0 Å². The molecule has 1 rings (SSSR count). The molecule has 20 heavy (non-hydrogen) atoms. The van der Waals surface area contributed by atoms with Crippen LogP contribution in [0.15, 0.2) is 18.2 Å². The second-order valence-corrected chi connectivity index (χ2v) is 3.64. The number of carbonyl (C=O) groups is 2. The number of ether oxygens (including phenoxy) is 2. The monoisotopic (exact) mass is 282 g/mol. The summed E-state index contributed by atoms with van der Waals surface area (Å²) in [6.45, 7) is 1.68. The summed E-state index contributed by atoms with van der Waals surface area (Å²) in [5, 5.41) is 13.5. The van der Waals surface area contributed by atoms with Gasteiger partial charge in [0.2, 0.25) is 0 Å². The highest BCUT2D eigenvalue weighted by Gasteiger charge is 2.18. The molecule has 0 bridgehead atoms. The lowest BCUT2D eigenvalue weighted by molar-refractivity contribution is -0.384. The zero-order chi connectivity index (χ0) is 15.1. The minimum atomic E-state index is -0.676. The summed E-state index contributed by atoms with van der Waals surface area (Å²) in [5.41, 5.74) is -0.145. The molecular formula is C12H14N2O6. The third-order valence-electron chi connectivity index (χ3n) is 2.34. The van der Waals surface area contributed by atoms with E-state index in [1.807, 2.05) is 0 Å². The van der Waals surface area contributed by atoms with Crippen LogP contribution in [0.25, 0.3) is 0 Å². The molecule has 0 fully saturated rings. The summed E-state index contributed by atoms with van der Waals surface area (Å²) in [7, 11) is 1.18. The summed E-state index contributed by atoms with van der Waals surface area (Å²) < 4.78 is 9.18. The molecule has 0 aliphatic rings. The number of nitro groups is 1. The predicted molar refractivity (Wildman–Crippen MR) is 69.6 cm³/mol. The number of anilines is 1. The summed E-state index contributed by atoms with van der Waals surface area (Å²) in [6, 6.07) is 3.79. The van der Waals surface area contributed by atoms with E-state index in [0.29, 0.717) is 0 Å². The highest BCUT2D eigenvalue weighted by Crippen LogP contribution is 2.25. The number of nitrogens with zero attached hydrogens (tertiary/aromatic N) is 1. The maximum atomic E-state index is 11.3. The van der Waals surface area contributed by atoms with Crippen molar-refractivity contribution in [1.82, 2.24) is 0 Å². The fraction of sp³-hybridized carbons (Fsp3) is 0.333. The zero-order valence-electron chi connectivity index (χ0n) is 11.0. The molecule has 8 heteroatoms. The van der Waals surface area contributed by atoms with Crippen molar-refractivity contribution in [3.63, 3.8) is 0 Å². The average Bonchev–Trinajstić information content (AvgIpc) is 2.44. The van der Waals surface area contributed by atoms with Crippen molar-refractivity contribution >= 4 is 23.3 Å². The van der Waals surface area contributed by atoms with E-state index in [1.165, 1.54) is 19.2 Å². The smallest absolute Gasteiger partial charge is 0.338 e. The second-order valence-electron chi connectivity index (χ2n) is 3.64. The Kier molecular flexibility index (Phi) is 5.45. The van der Waals surface area contributed by atoms with Gasteiger partial charge in [-0.15, -0.1) is 0 Å². The molecule has 0 aromatic heterocycles. The number of nitro benzene ring substituents is 1. The average molecular weight is 282 g/mol. The van der Waals surface area contributed by atoms with Gasteiger partial charge in [-0.05, 0) is 19.1 Å². The molecule has 0 unspecified atom stereocenters. The molecule has 8 nitrogen and oxygen atoms in total. The SMILES string of the molecule is CCOC(=O)CNc1ccc(C(=O)OC)cc1[N+](=O)[O-]. The Morgan fingerprint density at radius 1 is 1.40 bits per heavy atom. The number of rotatable bonds is 6. The lowest BCUT2D eigenvalue weighted by atomic mass is 10.1. The number of carbonyl (C=O) groups excluding carboxylic acids is 2. The second kappa shape index (κ2) is 7.07. The quantitative estimate of drug-likeness (QED) is 0.476. The number of benzene rings is 1. The highest BCUT2D eigenvalue weighted by atomic mass is 16.6. The van der Waals surface area contributed by atoms with Crippen LogP contribution in [-0.2, 0) is 14.3 Å². The first-order valence-electron chi connectivity index (χ1n) is 5.75. The van der Waals surface area contributed by atoms with Crippen molar-refractivity contribution in [2.24, 2.45) is 0 Å². The van der Waals surface area contributed by atoms with Gasteiger partial charge >= 0.3 is 11.9 Å². The van der Waals surface area contributed by atoms with E-state index in [-0.39, 0.29) is 30.1 Å². The lowest BCUT2D eigenvalue weighted by Crippen LogP contribution is -2.17. The Morgan fingerprint density at radius 2 is 2.10 bits per heavy atom. The fourth-order valence-electron chi connectivity index (χ4n) is 1.46. The first-order valence-corrected chi connectivity index (χ1v) is 5.75. The minimum Gasteiger partial charge on any atom is -0.465 e. The van der Waals surface area contributed by atoms with E-state index in [9.17, 15) is 19.7 Å². The zero-order valence-corrected chi connectivity index (χ0v) is 11.0. The molecule has 108 valence electrons. The summed E-state index contributed by atoms with van der Waals surface area (Å²) in [5.74, 6) is -1.20. The molecule has 0 saturated carbocycles. The highest BCUT2D eigenvalue weighted by molar-refractivity contribution is 5.91. The number of hydrogen-bond donors (Lipinski definition) is 1. The summed E-state index contributed by atoms with van der Waals surface area (Å²) in [4.78, 5) is 32.8. The van der Waals surface area contributed by atoms with Gasteiger partial charge < -0.3 is 14.8 Å². The molecule has 0 heterocycles. The maximum Gasteiger partial charge on any atom is 0.338 e. The Labute approximate surface area is 114 Å². The third kappa shape index (κ3) is 3.94. The van der Waals surface area contributed by atoms with Crippen molar-refractivity contribution in [3.05, 3.63) is 33.9 Å².